The van der Waals surface area contributed by atoms with Crippen molar-refractivity contribution in [3.63, 3.8) is 0 Å². The van der Waals surface area contributed by atoms with Crippen molar-refractivity contribution in [1.29, 1.82) is 0 Å². The van der Waals surface area contributed by atoms with Crippen LogP contribution in [0, 0.1) is 0 Å². The van der Waals surface area contributed by atoms with Crippen LogP contribution in [0.15, 0.2) is 35.1 Å². The van der Waals surface area contributed by atoms with Crippen LogP contribution in [0.25, 0.3) is 5.69 Å². The molecule has 112 valence electrons. The fraction of sp³-hybridized carbons (Fsp3) is 0.400. The summed E-state index contributed by atoms with van der Waals surface area (Å²) in [5.74, 6) is 0. The number of benzene rings is 1. The van der Waals surface area contributed by atoms with Crippen LogP contribution in [0.2, 0.25) is 0 Å². The minimum atomic E-state index is -4.50. The van der Waals surface area contributed by atoms with Gasteiger partial charge in [-0.3, -0.25) is 9.48 Å². The van der Waals surface area contributed by atoms with E-state index in [0.717, 1.165) is 29.3 Å². The van der Waals surface area contributed by atoms with E-state index in [4.69, 9.17) is 0 Å². The van der Waals surface area contributed by atoms with Gasteiger partial charge in [0.05, 0.1) is 11.3 Å². The Morgan fingerprint density at radius 2 is 1.81 bits per heavy atom. The highest BCUT2D eigenvalue weighted by Crippen LogP contribution is 2.47. The van der Waals surface area contributed by atoms with Gasteiger partial charge in [0.2, 0.25) is 0 Å². The molecule has 0 saturated heterocycles. The highest BCUT2D eigenvalue weighted by molar-refractivity contribution is 5.43. The zero-order valence-corrected chi connectivity index (χ0v) is 11.7. The van der Waals surface area contributed by atoms with Gasteiger partial charge in [-0.2, -0.15) is 13.2 Å². The molecule has 0 aliphatic heterocycles. The number of rotatable bonds is 2. The smallest absolute Gasteiger partial charge is 0.284 e. The number of hydrogen-bond donors (Lipinski definition) is 0. The molecule has 0 spiro atoms. The molecule has 1 aliphatic carbocycles. The number of alkyl halides is 3. The van der Waals surface area contributed by atoms with Crippen LogP contribution in [0.4, 0.5) is 13.2 Å². The Bertz CT molecular complexity index is 751. The first-order valence-electron chi connectivity index (χ1n) is 6.70. The van der Waals surface area contributed by atoms with Gasteiger partial charge in [-0.15, -0.1) is 0 Å². The SMILES string of the molecule is Cn1c(C2(C)CC2)cc(=O)n1-c1ccccc1C(F)(F)F. The van der Waals surface area contributed by atoms with Crippen LogP contribution < -0.4 is 5.56 Å². The van der Waals surface area contributed by atoms with Crippen molar-refractivity contribution in [3.8, 4) is 5.69 Å². The van der Waals surface area contributed by atoms with E-state index in [0.29, 0.717) is 0 Å². The second-order valence-electron chi connectivity index (χ2n) is 5.78. The zero-order chi connectivity index (χ0) is 15.4. The van der Waals surface area contributed by atoms with Crippen molar-refractivity contribution in [2.75, 3.05) is 0 Å². The molecule has 0 radical (unpaired) electrons. The van der Waals surface area contributed by atoms with E-state index in [9.17, 15) is 18.0 Å². The molecular weight excluding hydrogens is 281 g/mol. The molecule has 1 aliphatic rings. The lowest BCUT2D eigenvalue weighted by Crippen LogP contribution is -2.23. The Morgan fingerprint density at radius 1 is 1.19 bits per heavy atom. The van der Waals surface area contributed by atoms with E-state index in [1.807, 2.05) is 6.92 Å². The maximum Gasteiger partial charge on any atom is 0.418 e. The molecule has 1 fully saturated rings. The molecule has 0 unspecified atom stereocenters. The Kier molecular flexibility index (Phi) is 2.83. The summed E-state index contributed by atoms with van der Waals surface area (Å²) in [6.07, 6.45) is -2.60. The Hall–Kier alpha value is -1.98. The first-order valence-corrected chi connectivity index (χ1v) is 6.70. The summed E-state index contributed by atoms with van der Waals surface area (Å²) in [4.78, 5) is 12.2. The second-order valence-corrected chi connectivity index (χ2v) is 5.78. The van der Waals surface area contributed by atoms with Gasteiger partial charge in [0.1, 0.15) is 0 Å². The van der Waals surface area contributed by atoms with Gasteiger partial charge >= 0.3 is 6.18 Å². The maximum atomic E-state index is 13.1. The predicted molar refractivity (Wildman–Crippen MR) is 72.6 cm³/mol. The summed E-state index contributed by atoms with van der Waals surface area (Å²) in [5, 5.41) is 0. The van der Waals surface area contributed by atoms with Gasteiger partial charge in [0.15, 0.2) is 0 Å². The fourth-order valence-corrected chi connectivity index (χ4v) is 2.71. The first kappa shape index (κ1) is 14.0. The quantitative estimate of drug-likeness (QED) is 0.835. The molecule has 1 aromatic heterocycles. The maximum absolute atomic E-state index is 13.1. The largest absolute Gasteiger partial charge is 0.418 e. The Balaban J connectivity index is 2.23. The zero-order valence-electron chi connectivity index (χ0n) is 11.7. The monoisotopic (exact) mass is 296 g/mol. The van der Waals surface area contributed by atoms with Crippen LogP contribution in [0.1, 0.15) is 31.0 Å². The first-order chi connectivity index (χ1) is 9.74. The molecule has 0 N–H and O–H groups in total. The molecule has 0 atom stereocenters. The lowest BCUT2D eigenvalue weighted by molar-refractivity contribution is -0.137. The number of hydrogen-bond acceptors (Lipinski definition) is 1. The van der Waals surface area contributed by atoms with E-state index in [2.05, 4.69) is 0 Å². The summed E-state index contributed by atoms with van der Waals surface area (Å²) in [5.41, 5.74) is -0.678. The minimum Gasteiger partial charge on any atom is -0.284 e. The topological polar surface area (TPSA) is 26.9 Å². The van der Waals surface area contributed by atoms with Crippen molar-refractivity contribution >= 4 is 0 Å². The van der Waals surface area contributed by atoms with Gasteiger partial charge in [-0.25, -0.2) is 4.68 Å². The van der Waals surface area contributed by atoms with Crippen LogP contribution in [0.3, 0.4) is 0 Å². The third kappa shape index (κ3) is 2.18. The van der Waals surface area contributed by atoms with Crippen LogP contribution in [-0.4, -0.2) is 9.36 Å². The summed E-state index contributed by atoms with van der Waals surface area (Å²) < 4.78 is 42.0. The van der Waals surface area contributed by atoms with Crippen LogP contribution >= 0.6 is 0 Å². The van der Waals surface area contributed by atoms with Crippen molar-refractivity contribution in [3.05, 3.63) is 51.9 Å². The molecule has 1 saturated carbocycles. The Morgan fingerprint density at radius 3 is 2.38 bits per heavy atom. The predicted octanol–water partition coefficient (Wildman–Crippen LogP) is 3.25. The Labute approximate surface area is 119 Å². The van der Waals surface area contributed by atoms with Crippen molar-refractivity contribution in [2.24, 2.45) is 7.05 Å². The van der Waals surface area contributed by atoms with E-state index in [1.165, 1.54) is 24.3 Å². The van der Waals surface area contributed by atoms with E-state index in [-0.39, 0.29) is 11.1 Å². The molecule has 1 heterocycles. The summed E-state index contributed by atoms with van der Waals surface area (Å²) >= 11 is 0. The molecule has 0 amide bonds. The van der Waals surface area contributed by atoms with Gasteiger partial charge in [0, 0.05) is 24.2 Å². The molecular formula is C15H15F3N2O. The highest BCUT2D eigenvalue weighted by Gasteiger charge is 2.42. The molecule has 3 rings (SSSR count). The third-order valence-corrected chi connectivity index (χ3v) is 4.17. The fourth-order valence-electron chi connectivity index (χ4n) is 2.71. The molecule has 0 bridgehead atoms. The van der Waals surface area contributed by atoms with Gasteiger partial charge in [-0.05, 0) is 25.0 Å². The third-order valence-electron chi connectivity index (χ3n) is 4.17. The summed E-state index contributed by atoms with van der Waals surface area (Å²) in [6, 6.07) is 6.59. The highest BCUT2D eigenvalue weighted by atomic mass is 19.4. The molecule has 6 heteroatoms. The number of halogens is 3. The normalized spacial score (nSPS) is 17.0. The minimum absolute atomic E-state index is 0.0909. The summed E-state index contributed by atoms with van der Waals surface area (Å²) in [7, 11) is 1.63. The van der Waals surface area contributed by atoms with Crippen molar-refractivity contribution < 1.29 is 13.2 Å². The molecule has 3 nitrogen and oxygen atoms in total. The summed E-state index contributed by atoms with van der Waals surface area (Å²) in [6.45, 7) is 2.02. The van der Waals surface area contributed by atoms with E-state index >= 15 is 0 Å². The van der Waals surface area contributed by atoms with Crippen LogP contribution in [0.5, 0.6) is 0 Å². The van der Waals surface area contributed by atoms with Gasteiger partial charge in [0.25, 0.3) is 5.56 Å². The second kappa shape index (κ2) is 4.26. The molecule has 2 aromatic rings. The lowest BCUT2D eigenvalue weighted by Gasteiger charge is -2.17. The van der Waals surface area contributed by atoms with Crippen LogP contribution in [-0.2, 0) is 18.6 Å². The average Bonchev–Trinajstić information content (AvgIpc) is 3.06. The average molecular weight is 296 g/mol. The van der Waals surface area contributed by atoms with Gasteiger partial charge in [-0.1, -0.05) is 19.1 Å². The van der Waals surface area contributed by atoms with Crippen molar-refractivity contribution in [2.45, 2.75) is 31.4 Å². The number of aromatic nitrogens is 2. The van der Waals surface area contributed by atoms with Crippen molar-refractivity contribution in [1.82, 2.24) is 9.36 Å². The molecule has 1 aromatic carbocycles. The van der Waals surface area contributed by atoms with Gasteiger partial charge < -0.3 is 0 Å². The lowest BCUT2D eigenvalue weighted by atomic mass is 10.1. The number of nitrogens with zero attached hydrogens (tertiary/aromatic N) is 2. The van der Waals surface area contributed by atoms with E-state index < -0.39 is 17.3 Å². The standard InChI is InChI=1S/C15H15F3N2O/c1-14(7-8-14)12-9-13(21)20(19(12)2)11-6-4-3-5-10(11)15(16,17)18/h3-6,9H,7-8H2,1-2H3. The molecule has 21 heavy (non-hydrogen) atoms. The van der Waals surface area contributed by atoms with E-state index in [1.54, 1.807) is 11.7 Å². The number of para-hydroxylation sites is 1.